The van der Waals surface area contributed by atoms with Crippen LogP contribution in [0.25, 0.3) is 10.8 Å². The first-order chi connectivity index (χ1) is 8.74. The number of fused-ring (bicyclic) bond motifs is 1. The van der Waals surface area contributed by atoms with E-state index in [1.807, 2.05) is 42.5 Å². The Morgan fingerprint density at radius 2 is 1.89 bits per heavy atom. The van der Waals surface area contributed by atoms with Gasteiger partial charge >= 0.3 is 0 Å². The standard InChI is InChI=1S/C15H14ClNO/c16-10-15(8-9-15)17-14(18)13-7-3-5-11-4-1-2-6-12(11)13/h1-7H,8-10H2,(H,17,18). The molecule has 1 saturated carbocycles. The van der Waals surface area contributed by atoms with Crippen LogP contribution in [0.5, 0.6) is 0 Å². The Balaban J connectivity index is 1.96. The van der Waals surface area contributed by atoms with Crippen LogP contribution in [-0.4, -0.2) is 17.3 Å². The minimum atomic E-state index is -0.157. The van der Waals surface area contributed by atoms with E-state index in [9.17, 15) is 4.79 Å². The zero-order valence-corrected chi connectivity index (χ0v) is 10.7. The lowest BCUT2D eigenvalue weighted by atomic mass is 10.0. The molecule has 3 heteroatoms. The van der Waals surface area contributed by atoms with Gasteiger partial charge < -0.3 is 5.32 Å². The molecule has 0 bridgehead atoms. The van der Waals surface area contributed by atoms with Crippen LogP contribution in [0.4, 0.5) is 0 Å². The molecule has 0 radical (unpaired) electrons. The molecular weight excluding hydrogens is 246 g/mol. The minimum absolute atomic E-state index is 0.0232. The van der Waals surface area contributed by atoms with Crippen molar-refractivity contribution in [3.05, 3.63) is 48.0 Å². The Morgan fingerprint density at radius 3 is 2.61 bits per heavy atom. The molecule has 1 amide bonds. The van der Waals surface area contributed by atoms with E-state index in [0.29, 0.717) is 5.88 Å². The summed E-state index contributed by atoms with van der Waals surface area (Å²) in [5.41, 5.74) is 0.569. The van der Waals surface area contributed by atoms with Crippen molar-refractivity contribution >= 4 is 28.3 Å². The number of hydrogen-bond acceptors (Lipinski definition) is 1. The molecule has 0 unspecified atom stereocenters. The van der Waals surface area contributed by atoms with Crippen LogP contribution in [0.15, 0.2) is 42.5 Å². The average Bonchev–Trinajstić information content (AvgIpc) is 3.18. The molecule has 0 atom stereocenters. The SMILES string of the molecule is O=C(NC1(CCl)CC1)c1cccc2ccccc12. The molecule has 0 spiro atoms. The summed E-state index contributed by atoms with van der Waals surface area (Å²) in [5, 5.41) is 5.13. The van der Waals surface area contributed by atoms with Gasteiger partial charge in [-0.25, -0.2) is 0 Å². The molecule has 1 aliphatic rings. The Labute approximate surface area is 111 Å². The average molecular weight is 260 g/mol. The first kappa shape index (κ1) is 11.5. The van der Waals surface area contributed by atoms with Crippen molar-refractivity contribution in [2.75, 3.05) is 5.88 Å². The topological polar surface area (TPSA) is 29.1 Å². The molecule has 0 heterocycles. The van der Waals surface area contributed by atoms with E-state index in [-0.39, 0.29) is 11.4 Å². The molecule has 1 N–H and O–H groups in total. The summed E-state index contributed by atoms with van der Waals surface area (Å²) < 4.78 is 0. The summed E-state index contributed by atoms with van der Waals surface area (Å²) in [4.78, 5) is 12.3. The van der Waals surface area contributed by atoms with Gasteiger partial charge in [0.2, 0.25) is 0 Å². The van der Waals surface area contributed by atoms with Gasteiger partial charge in [-0.1, -0.05) is 36.4 Å². The van der Waals surface area contributed by atoms with E-state index < -0.39 is 0 Å². The van der Waals surface area contributed by atoms with Crippen molar-refractivity contribution in [2.24, 2.45) is 0 Å². The van der Waals surface area contributed by atoms with E-state index in [1.165, 1.54) is 0 Å². The number of rotatable bonds is 3. The second-order valence-electron chi connectivity index (χ2n) is 4.89. The van der Waals surface area contributed by atoms with Crippen molar-refractivity contribution < 1.29 is 4.79 Å². The first-order valence-electron chi connectivity index (χ1n) is 6.10. The van der Waals surface area contributed by atoms with Crippen molar-refractivity contribution in [1.29, 1.82) is 0 Å². The van der Waals surface area contributed by atoms with Crippen molar-refractivity contribution in [3.8, 4) is 0 Å². The highest BCUT2D eigenvalue weighted by Gasteiger charge is 2.43. The Kier molecular flexibility index (Phi) is 2.75. The van der Waals surface area contributed by atoms with Crippen LogP contribution in [-0.2, 0) is 0 Å². The summed E-state index contributed by atoms with van der Waals surface area (Å²) in [7, 11) is 0. The number of amides is 1. The third-order valence-corrected chi connectivity index (χ3v) is 4.03. The van der Waals surface area contributed by atoms with Crippen LogP contribution in [0, 0.1) is 0 Å². The van der Waals surface area contributed by atoms with E-state index in [4.69, 9.17) is 11.6 Å². The fourth-order valence-corrected chi connectivity index (χ4v) is 2.51. The van der Waals surface area contributed by atoms with Crippen LogP contribution in [0.2, 0.25) is 0 Å². The number of nitrogens with one attached hydrogen (secondary N) is 1. The van der Waals surface area contributed by atoms with Gasteiger partial charge in [0.05, 0.1) is 5.54 Å². The summed E-state index contributed by atoms with van der Waals surface area (Å²) in [6, 6.07) is 13.7. The molecule has 2 aromatic rings. The molecule has 1 fully saturated rings. The lowest BCUT2D eigenvalue weighted by Gasteiger charge is -2.15. The van der Waals surface area contributed by atoms with Crippen LogP contribution < -0.4 is 5.32 Å². The molecule has 0 saturated heterocycles. The quantitative estimate of drug-likeness (QED) is 0.842. The van der Waals surface area contributed by atoms with Gasteiger partial charge in [0.15, 0.2) is 0 Å². The Morgan fingerprint density at radius 1 is 1.17 bits per heavy atom. The number of carbonyl (C=O) groups excluding carboxylic acids is 1. The van der Waals surface area contributed by atoms with Gasteiger partial charge in [-0.3, -0.25) is 4.79 Å². The number of alkyl halides is 1. The van der Waals surface area contributed by atoms with E-state index in [0.717, 1.165) is 29.2 Å². The predicted octanol–water partition coefficient (Wildman–Crippen LogP) is 3.34. The summed E-state index contributed by atoms with van der Waals surface area (Å²) in [6.45, 7) is 0. The number of carbonyl (C=O) groups is 1. The summed E-state index contributed by atoms with van der Waals surface area (Å²) >= 11 is 5.89. The predicted molar refractivity (Wildman–Crippen MR) is 74.1 cm³/mol. The maximum atomic E-state index is 12.3. The monoisotopic (exact) mass is 259 g/mol. The van der Waals surface area contributed by atoms with Crippen molar-refractivity contribution in [1.82, 2.24) is 5.32 Å². The molecule has 1 aliphatic carbocycles. The molecule has 2 nitrogen and oxygen atoms in total. The Bertz CT molecular complexity index is 599. The largest absolute Gasteiger partial charge is 0.345 e. The highest BCUT2D eigenvalue weighted by molar-refractivity contribution is 6.19. The van der Waals surface area contributed by atoms with Crippen molar-refractivity contribution in [3.63, 3.8) is 0 Å². The summed E-state index contributed by atoms with van der Waals surface area (Å²) in [5.74, 6) is 0.466. The molecule has 3 rings (SSSR count). The minimum Gasteiger partial charge on any atom is -0.345 e. The van der Waals surface area contributed by atoms with Crippen LogP contribution in [0.3, 0.4) is 0 Å². The maximum absolute atomic E-state index is 12.3. The van der Waals surface area contributed by atoms with Gasteiger partial charge in [-0.2, -0.15) is 0 Å². The third kappa shape index (κ3) is 1.97. The number of halogens is 1. The second kappa shape index (κ2) is 4.29. The van der Waals surface area contributed by atoms with Gasteiger partial charge in [-0.15, -0.1) is 11.6 Å². The summed E-state index contributed by atoms with van der Waals surface area (Å²) in [6.07, 6.45) is 1.96. The highest BCUT2D eigenvalue weighted by Crippen LogP contribution is 2.36. The zero-order valence-electron chi connectivity index (χ0n) is 9.95. The molecule has 0 aliphatic heterocycles. The molecular formula is C15H14ClNO. The fourth-order valence-electron chi connectivity index (χ4n) is 2.17. The van der Waals surface area contributed by atoms with Crippen molar-refractivity contribution in [2.45, 2.75) is 18.4 Å². The number of hydrogen-bond donors (Lipinski definition) is 1. The smallest absolute Gasteiger partial charge is 0.252 e. The van der Waals surface area contributed by atoms with Crippen LogP contribution >= 0.6 is 11.6 Å². The van der Waals surface area contributed by atoms with E-state index in [2.05, 4.69) is 5.32 Å². The van der Waals surface area contributed by atoms with E-state index in [1.54, 1.807) is 0 Å². The number of benzene rings is 2. The highest BCUT2D eigenvalue weighted by atomic mass is 35.5. The lowest BCUT2D eigenvalue weighted by Crippen LogP contribution is -2.38. The van der Waals surface area contributed by atoms with Gasteiger partial charge in [0.1, 0.15) is 0 Å². The van der Waals surface area contributed by atoms with Gasteiger partial charge in [0, 0.05) is 11.4 Å². The van der Waals surface area contributed by atoms with Gasteiger partial charge in [0.25, 0.3) is 5.91 Å². The van der Waals surface area contributed by atoms with E-state index >= 15 is 0 Å². The Hall–Kier alpha value is -1.54. The fraction of sp³-hybridized carbons (Fsp3) is 0.267. The first-order valence-corrected chi connectivity index (χ1v) is 6.64. The molecule has 0 aromatic heterocycles. The normalized spacial score (nSPS) is 16.5. The second-order valence-corrected chi connectivity index (χ2v) is 5.16. The van der Waals surface area contributed by atoms with Crippen LogP contribution in [0.1, 0.15) is 23.2 Å². The molecule has 2 aromatic carbocycles. The lowest BCUT2D eigenvalue weighted by molar-refractivity contribution is 0.0937. The van der Waals surface area contributed by atoms with Gasteiger partial charge in [-0.05, 0) is 29.7 Å². The third-order valence-electron chi connectivity index (χ3n) is 3.52. The molecule has 92 valence electrons. The zero-order chi connectivity index (χ0) is 12.6. The maximum Gasteiger partial charge on any atom is 0.252 e. The molecule has 18 heavy (non-hydrogen) atoms.